The number of rotatable bonds is 7. The second-order valence-electron chi connectivity index (χ2n) is 10.8. The zero-order valence-corrected chi connectivity index (χ0v) is 20.6. The van der Waals surface area contributed by atoms with Crippen LogP contribution in [0.5, 0.6) is 0 Å². The zero-order chi connectivity index (χ0) is 23.8. The molecule has 1 aromatic heterocycles. The van der Waals surface area contributed by atoms with Crippen molar-refractivity contribution in [1.29, 1.82) is 0 Å². The van der Waals surface area contributed by atoms with E-state index in [2.05, 4.69) is 16.0 Å². The molecule has 2 amide bonds. The molecule has 7 rings (SSSR count). The SMILES string of the molecule is O=C(CNC(=O)C(c1ccccc1)c1ccccc1)Nc1nc(C23CC4CC(CC(C4)C2)C3)cs1. The number of anilines is 1. The Kier molecular flexibility index (Phi) is 5.93. The Hall–Kier alpha value is -2.99. The van der Waals surface area contributed by atoms with Gasteiger partial charge in [-0.3, -0.25) is 9.59 Å². The molecule has 0 atom stereocenters. The van der Waals surface area contributed by atoms with E-state index >= 15 is 0 Å². The Morgan fingerprint density at radius 1 is 0.886 bits per heavy atom. The summed E-state index contributed by atoms with van der Waals surface area (Å²) in [5, 5.41) is 8.55. The minimum absolute atomic E-state index is 0.0821. The minimum Gasteiger partial charge on any atom is -0.346 e. The lowest BCUT2D eigenvalue weighted by molar-refractivity contribution is -0.124. The number of carbonyl (C=O) groups excluding carboxylic acids is 2. The van der Waals surface area contributed by atoms with Crippen molar-refractivity contribution in [3.8, 4) is 0 Å². The zero-order valence-electron chi connectivity index (χ0n) is 19.8. The molecule has 180 valence electrons. The van der Waals surface area contributed by atoms with Crippen molar-refractivity contribution in [3.05, 3.63) is 82.9 Å². The van der Waals surface area contributed by atoms with E-state index in [1.54, 1.807) is 0 Å². The number of benzene rings is 2. The van der Waals surface area contributed by atoms with Crippen molar-refractivity contribution in [3.63, 3.8) is 0 Å². The maximum atomic E-state index is 13.2. The molecule has 1 heterocycles. The fraction of sp³-hybridized carbons (Fsp3) is 0.414. The van der Waals surface area contributed by atoms with Crippen LogP contribution in [-0.2, 0) is 15.0 Å². The molecule has 0 saturated heterocycles. The average molecular weight is 486 g/mol. The van der Waals surface area contributed by atoms with E-state index < -0.39 is 5.92 Å². The van der Waals surface area contributed by atoms with E-state index in [0.29, 0.717) is 5.13 Å². The van der Waals surface area contributed by atoms with Gasteiger partial charge in [-0.2, -0.15) is 0 Å². The normalized spacial score (nSPS) is 26.6. The van der Waals surface area contributed by atoms with Crippen LogP contribution in [0.3, 0.4) is 0 Å². The van der Waals surface area contributed by atoms with Crippen LogP contribution in [0.4, 0.5) is 5.13 Å². The van der Waals surface area contributed by atoms with Gasteiger partial charge in [-0.1, -0.05) is 60.7 Å². The van der Waals surface area contributed by atoms with Gasteiger partial charge in [-0.05, 0) is 67.4 Å². The Morgan fingerprint density at radius 3 is 1.97 bits per heavy atom. The van der Waals surface area contributed by atoms with Gasteiger partial charge in [0.05, 0.1) is 18.2 Å². The molecule has 2 aromatic carbocycles. The highest BCUT2D eigenvalue weighted by Crippen LogP contribution is 2.60. The molecule has 35 heavy (non-hydrogen) atoms. The number of thiazole rings is 1. The first kappa shape index (κ1) is 22.5. The number of amides is 2. The Morgan fingerprint density at radius 2 is 1.43 bits per heavy atom. The highest BCUT2D eigenvalue weighted by molar-refractivity contribution is 7.14. The van der Waals surface area contributed by atoms with Crippen LogP contribution in [0.2, 0.25) is 0 Å². The van der Waals surface area contributed by atoms with Crippen molar-refractivity contribution in [1.82, 2.24) is 10.3 Å². The number of nitrogens with one attached hydrogen (secondary N) is 2. The lowest BCUT2D eigenvalue weighted by atomic mass is 9.49. The molecule has 6 heteroatoms. The molecule has 4 aliphatic rings. The summed E-state index contributed by atoms with van der Waals surface area (Å²) in [6.45, 7) is -0.0821. The number of aromatic nitrogens is 1. The molecular formula is C29H31N3O2S. The van der Waals surface area contributed by atoms with Crippen LogP contribution >= 0.6 is 11.3 Å². The third kappa shape index (κ3) is 4.52. The standard InChI is InChI=1S/C29H31N3O2S/c33-25(17-30-27(34)26(22-7-3-1-4-8-22)23-9-5-2-6-10-23)32-28-31-24(18-35-28)29-14-19-11-20(15-29)13-21(12-19)16-29/h1-10,18-21,26H,11-17H2,(H,30,34)(H,31,32,33). The van der Waals surface area contributed by atoms with Gasteiger partial charge in [-0.25, -0.2) is 4.98 Å². The average Bonchev–Trinajstić information content (AvgIpc) is 3.33. The molecule has 0 unspecified atom stereocenters. The Labute approximate surface area is 210 Å². The van der Waals surface area contributed by atoms with Crippen molar-refractivity contribution >= 4 is 28.3 Å². The molecule has 2 N–H and O–H groups in total. The van der Waals surface area contributed by atoms with Crippen LogP contribution in [-0.4, -0.2) is 23.3 Å². The van der Waals surface area contributed by atoms with E-state index in [-0.39, 0.29) is 23.8 Å². The highest BCUT2D eigenvalue weighted by Gasteiger charge is 2.52. The van der Waals surface area contributed by atoms with Gasteiger partial charge in [0.2, 0.25) is 11.8 Å². The summed E-state index contributed by atoms with van der Waals surface area (Å²) in [7, 11) is 0. The summed E-state index contributed by atoms with van der Waals surface area (Å²) in [5.41, 5.74) is 3.20. The second kappa shape index (κ2) is 9.23. The van der Waals surface area contributed by atoms with Gasteiger partial charge < -0.3 is 10.6 Å². The van der Waals surface area contributed by atoms with Gasteiger partial charge >= 0.3 is 0 Å². The molecule has 4 saturated carbocycles. The topological polar surface area (TPSA) is 71.1 Å². The molecule has 0 spiro atoms. The molecule has 4 fully saturated rings. The summed E-state index contributed by atoms with van der Waals surface area (Å²) in [6, 6.07) is 19.3. The number of hydrogen-bond donors (Lipinski definition) is 2. The van der Waals surface area contributed by atoms with E-state index in [4.69, 9.17) is 4.98 Å². The summed E-state index contributed by atoms with van der Waals surface area (Å²) in [6.07, 6.45) is 7.98. The quantitative estimate of drug-likeness (QED) is 0.464. The first-order chi connectivity index (χ1) is 17.1. The molecule has 0 radical (unpaired) electrons. The van der Waals surface area contributed by atoms with Crippen LogP contribution in [0.15, 0.2) is 66.0 Å². The predicted octanol–water partition coefficient (Wildman–Crippen LogP) is 5.50. The molecule has 5 nitrogen and oxygen atoms in total. The van der Waals surface area contributed by atoms with E-state index in [0.717, 1.165) is 28.9 Å². The van der Waals surface area contributed by atoms with Gasteiger partial charge in [0.15, 0.2) is 5.13 Å². The first-order valence-corrected chi connectivity index (χ1v) is 13.6. The fourth-order valence-electron chi connectivity index (χ4n) is 7.22. The van der Waals surface area contributed by atoms with Crippen molar-refractivity contribution in [2.75, 3.05) is 11.9 Å². The molecular weight excluding hydrogens is 454 g/mol. The number of carbonyl (C=O) groups is 2. The van der Waals surface area contributed by atoms with Crippen LogP contribution < -0.4 is 10.6 Å². The smallest absolute Gasteiger partial charge is 0.245 e. The highest BCUT2D eigenvalue weighted by atomic mass is 32.1. The van der Waals surface area contributed by atoms with E-state index in [1.165, 1.54) is 55.6 Å². The van der Waals surface area contributed by atoms with Crippen molar-refractivity contribution in [2.24, 2.45) is 17.8 Å². The fourth-order valence-corrected chi connectivity index (χ4v) is 8.07. The summed E-state index contributed by atoms with van der Waals surface area (Å²) in [4.78, 5) is 30.7. The Balaban J connectivity index is 1.10. The molecule has 4 aliphatic carbocycles. The second-order valence-corrected chi connectivity index (χ2v) is 11.6. The minimum atomic E-state index is -0.465. The number of hydrogen-bond acceptors (Lipinski definition) is 4. The summed E-state index contributed by atoms with van der Waals surface area (Å²) < 4.78 is 0. The first-order valence-electron chi connectivity index (χ1n) is 12.7. The summed E-state index contributed by atoms with van der Waals surface area (Å²) >= 11 is 1.51. The van der Waals surface area contributed by atoms with E-state index in [9.17, 15) is 9.59 Å². The monoisotopic (exact) mass is 485 g/mol. The maximum absolute atomic E-state index is 13.2. The van der Waals surface area contributed by atoms with Crippen LogP contribution in [0.1, 0.15) is 61.3 Å². The largest absolute Gasteiger partial charge is 0.346 e. The van der Waals surface area contributed by atoms with Gasteiger partial charge in [0, 0.05) is 10.8 Å². The van der Waals surface area contributed by atoms with E-state index in [1.807, 2.05) is 60.7 Å². The van der Waals surface area contributed by atoms with Gasteiger partial charge in [-0.15, -0.1) is 11.3 Å². The lowest BCUT2D eigenvalue weighted by Gasteiger charge is -2.56. The lowest BCUT2D eigenvalue weighted by Crippen LogP contribution is -2.48. The molecule has 0 aliphatic heterocycles. The third-order valence-corrected chi connectivity index (χ3v) is 9.04. The van der Waals surface area contributed by atoms with Crippen LogP contribution in [0, 0.1) is 17.8 Å². The Bertz CT molecular complexity index is 1130. The van der Waals surface area contributed by atoms with Crippen molar-refractivity contribution in [2.45, 2.75) is 49.9 Å². The third-order valence-electron chi connectivity index (χ3n) is 8.28. The summed E-state index contributed by atoms with van der Waals surface area (Å²) in [5.74, 6) is 1.68. The molecule has 3 aromatic rings. The van der Waals surface area contributed by atoms with Crippen LogP contribution in [0.25, 0.3) is 0 Å². The molecule has 4 bridgehead atoms. The van der Waals surface area contributed by atoms with Gasteiger partial charge in [0.25, 0.3) is 0 Å². The predicted molar refractivity (Wildman–Crippen MR) is 138 cm³/mol. The number of nitrogens with zero attached hydrogens (tertiary/aromatic N) is 1. The van der Waals surface area contributed by atoms with Gasteiger partial charge in [0.1, 0.15) is 0 Å². The van der Waals surface area contributed by atoms with Crippen molar-refractivity contribution < 1.29 is 9.59 Å². The maximum Gasteiger partial charge on any atom is 0.245 e.